The molecule has 5 nitrogen and oxygen atoms in total. The Morgan fingerprint density at radius 3 is 2.19 bits per heavy atom. The summed E-state index contributed by atoms with van der Waals surface area (Å²) in [5.41, 5.74) is 1.07. The van der Waals surface area contributed by atoms with Crippen molar-refractivity contribution in [2.24, 2.45) is 23.7 Å². The maximum atomic E-state index is 13.2. The highest BCUT2D eigenvalue weighted by molar-refractivity contribution is 9.12. The number of rotatable bonds is 5. The number of Topliss-reactive ketones (excluding diaryl/α,β-unsaturated/α-hetero) is 1. The molecule has 1 aliphatic heterocycles. The van der Waals surface area contributed by atoms with Crippen molar-refractivity contribution in [3.8, 4) is 5.75 Å². The van der Waals surface area contributed by atoms with Gasteiger partial charge in [-0.2, -0.15) is 0 Å². The number of halogens is 2. The number of amides is 2. The molecule has 0 aromatic heterocycles. The van der Waals surface area contributed by atoms with Gasteiger partial charge in [-0.25, -0.2) is 4.90 Å². The van der Waals surface area contributed by atoms with Gasteiger partial charge in [-0.15, -0.1) is 0 Å². The first-order chi connectivity index (χ1) is 14.9. The molecule has 2 bridgehead atoms. The lowest BCUT2D eigenvalue weighted by Gasteiger charge is -2.28. The van der Waals surface area contributed by atoms with Gasteiger partial charge in [0.15, 0.2) is 6.10 Å². The molecule has 2 amide bonds. The Kier molecular flexibility index (Phi) is 5.29. The van der Waals surface area contributed by atoms with Gasteiger partial charge in [0.2, 0.25) is 17.6 Å². The lowest BCUT2D eigenvalue weighted by molar-refractivity contribution is -0.123. The predicted octanol–water partition coefficient (Wildman–Crippen LogP) is 4.62. The number of nitrogens with zero attached hydrogens (tertiary/aromatic N) is 1. The molecule has 3 aliphatic rings. The molecule has 2 aliphatic carbocycles. The van der Waals surface area contributed by atoms with Crippen LogP contribution in [0.4, 0.5) is 5.69 Å². The molecule has 2 saturated carbocycles. The van der Waals surface area contributed by atoms with Crippen LogP contribution in [0.15, 0.2) is 54.6 Å². The molecule has 7 atom stereocenters. The van der Waals surface area contributed by atoms with Crippen molar-refractivity contribution in [1.82, 2.24) is 0 Å². The standard InChI is InChI=1S/C24H21Br2NO4/c1-12(22(28)13-6-3-2-4-7-13)31-15-9-5-8-14(10-15)27-23(29)18-16-11-17(19(18)24(27)30)21(26)20(16)25/h2-10,12,16-21H,11H2,1H3/t12-,16-,17-,18-,19-,20-,21+/m0/s1. The zero-order valence-electron chi connectivity index (χ0n) is 16.8. The third-order valence-electron chi connectivity index (χ3n) is 6.80. The topological polar surface area (TPSA) is 63.7 Å². The summed E-state index contributed by atoms with van der Waals surface area (Å²) < 4.78 is 5.87. The molecule has 31 heavy (non-hydrogen) atoms. The van der Waals surface area contributed by atoms with Crippen LogP contribution < -0.4 is 9.64 Å². The second-order valence-electron chi connectivity index (χ2n) is 8.50. The van der Waals surface area contributed by atoms with Crippen LogP contribution in [-0.2, 0) is 9.59 Å². The van der Waals surface area contributed by atoms with E-state index in [1.165, 1.54) is 4.90 Å². The van der Waals surface area contributed by atoms with Crippen LogP contribution in [0.3, 0.4) is 0 Å². The number of carbonyl (C=O) groups is 3. The molecule has 0 N–H and O–H groups in total. The highest BCUT2D eigenvalue weighted by Gasteiger charge is 2.66. The number of benzene rings is 2. The van der Waals surface area contributed by atoms with Gasteiger partial charge in [0, 0.05) is 21.3 Å². The highest BCUT2D eigenvalue weighted by atomic mass is 79.9. The molecule has 0 unspecified atom stereocenters. The van der Waals surface area contributed by atoms with Crippen molar-refractivity contribution in [1.29, 1.82) is 0 Å². The number of hydrogen-bond donors (Lipinski definition) is 0. The van der Waals surface area contributed by atoms with E-state index in [4.69, 9.17) is 4.74 Å². The summed E-state index contributed by atoms with van der Waals surface area (Å²) >= 11 is 7.42. The van der Waals surface area contributed by atoms with Crippen molar-refractivity contribution in [3.63, 3.8) is 0 Å². The quantitative estimate of drug-likeness (QED) is 0.312. The van der Waals surface area contributed by atoms with Gasteiger partial charge in [0.1, 0.15) is 5.75 Å². The molecule has 160 valence electrons. The van der Waals surface area contributed by atoms with Crippen LogP contribution in [0.25, 0.3) is 0 Å². The Bertz CT molecular complexity index is 1030. The lowest BCUT2D eigenvalue weighted by atomic mass is 9.81. The molecule has 0 radical (unpaired) electrons. The van der Waals surface area contributed by atoms with Crippen molar-refractivity contribution in [3.05, 3.63) is 60.2 Å². The normalized spacial score (nSPS) is 32.3. The number of alkyl halides is 2. The Morgan fingerprint density at radius 1 is 0.968 bits per heavy atom. The summed E-state index contributed by atoms with van der Waals surface area (Å²) in [6.07, 6.45) is 0.204. The molecule has 1 heterocycles. The Morgan fingerprint density at radius 2 is 1.58 bits per heavy atom. The van der Waals surface area contributed by atoms with E-state index in [0.29, 0.717) is 17.0 Å². The van der Waals surface area contributed by atoms with Gasteiger partial charge in [-0.3, -0.25) is 14.4 Å². The van der Waals surface area contributed by atoms with Crippen LogP contribution in [0.5, 0.6) is 5.75 Å². The Hall–Kier alpha value is -1.99. The second kappa shape index (κ2) is 7.85. The van der Waals surface area contributed by atoms with E-state index in [9.17, 15) is 14.4 Å². The first-order valence-electron chi connectivity index (χ1n) is 10.4. The third kappa shape index (κ3) is 3.28. The summed E-state index contributed by atoms with van der Waals surface area (Å²) in [4.78, 5) is 40.8. The summed E-state index contributed by atoms with van der Waals surface area (Å²) in [5.74, 6) is -0.122. The minimum atomic E-state index is -0.693. The first-order valence-corrected chi connectivity index (χ1v) is 12.2. The summed E-state index contributed by atoms with van der Waals surface area (Å²) in [6, 6.07) is 15.9. The van der Waals surface area contributed by atoms with Gasteiger partial charge in [0.05, 0.1) is 17.5 Å². The predicted molar refractivity (Wildman–Crippen MR) is 124 cm³/mol. The monoisotopic (exact) mass is 545 g/mol. The lowest BCUT2D eigenvalue weighted by Crippen LogP contribution is -2.37. The fraction of sp³-hybridized carbons (Fsp3) is 0.375. The number of ether oxygens (including phenoxy) is 1. The molecular weight excluding hydrogens is 526 g/mol. The number of hydrogen-bond acceptors (Lipinski definition) is 4. The van der Waals surface area contributed by atoms with Crippen LogP contribution in [0, 0.1) is 23.7 Å². The van der Waals surface area contributed by atoms with E-state index in [1.807, 2.05) is 18.2 Å². The van der Waals surface area contributed by atoms with E-state index < -0.39 is 6.10 Å². The van der Waals surface area contributed by atoms with Crippen LogP contribution in [0.1, 0.15) is 23.7 Å². The molecule has 2 aromatic rings. The zero-order valence-corrected chi connectivity index (χ0v) is 20.0. The number of imide groups is 1. The largest absolute Gasteiger partial charge is 0.482 e. The molecular formula is C24H21Br2NO4. The van der Waals surface area contributed by atoms with Crippen LogP contribution in [-0.4, -0.2) is 33.4 Å². The molecule has 7 heteroatoms. The Labute approximate surface area is 197 Å². The molecule has 3 fully saturated rings. The Balaban J connectivity index is 1.37. The number of fused-ring (bicyclic) bond motifs is 5. The zero-order chi connectivity index (χ0) is 21.9. The van der Waals surface area contributed by atoms with Crippen molar-refractivity contribution in [2.45, 2.75) is 29.1 Å². The van der Waals surface area contributed by atoms with Gasteiger partial charge >= 0.3 is 0 Å². The highest BCUT2D eigenvalue weighted by Crippen LogP contribution is 2.60. The average molecular weight is 547 g/mol. The van der Waals surface area contributed by atoms with Crippen LogP contribution >= 0.6 is 31.9 Å². The van der Waals surface area contributed by atoms with E-state index in [2.05, 4.69) is 31.9 Å². The number of ketones is 1. The molecule has 2 aromatic carbocycles. The first kappa shape index (κ1) is 20.9. The average Bonchev–Trinajstić information content (AvgIpc) is 3.38. The molecule has 5 rings (SSSR count). The second-order valence-corrected chi connectivity index (χ2v) is 10.6. The summed E-state index contributed by atoms with van der Waals surface area (Å²) in [7, 11) is 0. The van der Waals surface area contributed by atoms with Gasteiger partial charge in [0.25, 0.3) is 0 Å². The number of anilines is 1. The maximum Gasteiger partial charge on any atom is 0.238 e. The van der Waals surface area contributed by atoms with E-state index in [1.54, 1.807) is 43.3 Å². The van der Waals surface area contributed by atoms with Crippen LogP contribution in [0.2, 0.25) is 0 Å². The van der Waals surface area contributed by atoms with Crippen molar-refractivity contribution < 1.29 is 19.1 Å². The summed E-state index contributed by atoms with van der Waals surface area (Å²) in [6.45, 7) is 1.70. The molecule has 1 saturated heterocycles. The van der Waals surface area contributed by atoms with Crippen molar-refractivity contribution in [2.75, 3.05) is 4.90 Å². The fourth-order valence-electron chi connectivity index (χ4n) is 5.39. The maximum absolute atomic E-state index is 13.2. The third-order valence-corrected chi connectivity index (χ3v) is 10.0. The smallest absolute Gasteiger partial charge is 0.238 e. The van der Waals surface area contributed by atoms with Gasteiger partial charge in [-0.1, -0.05) is 68.3 Å². The van der Waals surface area contributed by atoms with Crippen molar-refractivity contribution >= 4 is 55.1 Å². The van der Waals surface area contributed by atoms with E-state index >= 15 is 0 Å². The summed E-state index contributed by atoms with van der Waals surface area (Å²) in [5, 5.41) is 0. The van der Waals surface area contributed by atoms with Gasteiger partial charge in [-0.05, 0) is 37.3 Å². The molecule has 0 spiro atoms. The minimum absolute atomic E-state index is 0.128. The SMILES string of the molecule is C[C@H](Oc1cccc(N2C(=O)[C@H]3[C@@H]4C[C@H]([C@@H](Br)[C@H]4Br)[C@@H]3C2=O)c1)C(=O)c1ccccc1. The van der Waals surface area contributed by atoms with Gasteiger partial charge < -0.3 is 4.74 Å². The minimum Gasteiger partial charge on any atom is -0.482 e. The van der Waals surface area contributed by atoms with E-state index in [-0.39, 0.29) is 50.9 Å². The number of carbonyl (C=O) groups excluding carboxylic acids is 3. The fourth-order valence-corrected chi connectivity index (χ4v) is 7.27. The van der Waals surface area contributed by atoms with E-state index in [0.717, 1.165) is 6.42 Å².